The van der Waals surface area contributed by atoms with Gasteiger partial charge in [0.25, 0.3) is 0 Å². The van der Waals surface area contributed by atoms with Gasteiger partial charge in [-0.25, -0.2) is 39.9 Å². The number of fused-ring (bicyclic) bond motifs is 6. The third-order valence-electron chi connectivity index (χ3n) is 16.6. The van der Waals surface area contributed by atoms with Crippen molar-refractivity contribution in [2.45, 2.75) is 76.2 Å². The van der Waals surface area contributed by atoms with E-state index >= 15 is 0 Å². The standard InChI is InChI=1S/C11H10N2.C10H9N3.4C10H9N.2C9H8N2.2C6H5F2N.C6H6FN/c1-9-7-12-8-11(13-9)10-5-3-2-4-6-10;1-8-11-7-12-10(13-8)9-5-3-2-4-6-9;1-8-6-9-4-2-3-5-10(9)7-11-8;1-8-6-9-4-2-3-5-10(9)11-7-8;1-8-10-5-3-2-4-9(10)6-7-11-8;1-8-6-7-9-4-2-3-5-10(9)11-8;1-7-10-6-8-4-2-3-5-9(8)11-7;1-7-6-10-8-4-2-3-5-9(8)11-7;1-4-2-5(7)9-6(8)3-4;1-4-2-3-5(7)9-6(4)8;1-5-3-2-4-6(7)8-5/h2-8H,1H3;2-7H,1H3;4*2-7H,1H3;2*2-6H,1H3;2*2-3H,1H3;2-4H,1H3. The van der Waals surface area contributed by atoms with Gasteiger partial charge in [0.05, 0.1) is 50.9 Å². The van der Waals surface area contributed by atoms with Crippen LogP contribution in [0.2, 0.25) is 0 Å². The van der Waals surface area contributed by atoms with Crippen molar-refractivity contribution in [2.24, 2.45) is 0 Å². The zero-order valence-corrected chi connectivity index (χ0v) is 67.2. The van der Waals surface area contributed by atoms with Gasteiger partial charge < -0.3 is 0 Å². The Balaban J connectivity index is 0.000000148. The van der Waals surface area contributed by atoms with Gasteiger partial charge >= 0.3 is 0 Å². The van der Waals surface area contributed by atoms with Gasteiger partial charge in [-0.15, -0.1) is 0 Å². The van der Waals surface area contributed by atoms with Gasteiger partial charge in [-0.2, -0.15) is 31.9 Å². The van der Waals surface area contributed by atoms with Crippen molar-refractivity contribution < 1.29 is 22.0 Å². The molecule has 11 heterocycles. The van der Waals surface area contributed by atoms with Crippen LogP contribution in [0.5, 0.6) is 0 Å². The minimum atomic E-state index is -0.780. The van der Waals surface area contributed by atoms with E-state index in [4.69, 9.17) is 0 Å². The fraction of sp³-hybridized carbons (Fsp3) is 0.113. The molecule has 0 amide bonds. The van der Waals surface area contributed by atoms with Gasteiger partial charge in [-0.1, -0.05) is 194 Å². The second kappa shape index (κ2) is 45.8. The molecule has 0 aliphatic heterocycles. The van der Waals surface area contributed by atoms with Gasteiger partial charge in [0, 0.05) is 104 Å². The van der Waals surface area contributed by atoms with Gasteiger partial charge in [0.2, 0.25) is 29.7 Å². The van der Waals surface area contributed by atoms with E-state index in [-0.39, 0.29) is 0 Å². The van der Waals surface area contributed by atoms with Crippen molar-refractivity contribution in [3.63, 3.8) is 0 Å². The molecule has 21 heteroatoms. The Morgan fingerprint density at radius 1 is 0.246 bits per heavy atom. The van der Waals surface area contributed by atoms with Crippen LogP contribution in [0.4, 0.5) is 22.0 Å². The molecule has 16 nitrogen and oxygen atoms in total. The van der Waals surface area contributed by atoms with Crippen LogP contribution >= 0.6 is 0 Å². The minimum Gasteiger partial charge on any atom is -0.261 e. The number of hydrogen-bond donors (Lipinski definition) is 0. The normalized spacial score (nSPS) is 10.0. The first-order valence-corrected chi connectivity index (χ1v) is 37.4. The molecule has 11 aromatic heterocycles. The number of pyridine rings is 7. The first-order valence-electron chi connectivity index (χ1n) is 37.4. The number of aryl methyl sites for hydroxylation is 11. The van der Waals surface area contributed by atoms with E-state index in [2.05, 4.69) is 141 Å². The zero-order valence-electron chi connectivity index (χ0n) is 67.2. The molecular formula is C97H87F5N16. The summed E-state index contributed by atoms with van der Waals surface area (Å²) in [5, 5.41) is 8.50. The molecule has 118 heavy (non-hydrogen) atoms. The molecule has 0 atom stereocenters. The third-order valence-corrected chi connectivity index (χ3v) is 16.6. The molecular weight excluding hydrogens is 1480 g/mol. The van der Waals surface area contributed by atoms with Crippen molar-refractivity contribution in [3.05, 3.63) is 421 Å². The minimum absolute atomic E-state index is 0.358. The summed E-state index contributed by atoms with van der Waals surface area (Å²) in [5.41, 5.74) is 16.1. The molecule has 0 bridgehead atoms. The Kier molecular flexibility index (Phi) is 33.9. The highest BCUT2D eigenvalue weighted by molar-refractivity contribution is 5.84. The van der Waals surface area contributed by atoms with E-state index in [1.807, 2.05) is 255 Å². The van der Waals surface area contributed by atoms with Gasteiger partial charge in [-0.3, -0.25) is 29.9 Å². The second-order valence-electron chi connectivity index (χ2n) is 26.4. The molecule has 0 fully saturated rings. The zero-order chi connectivity index (χ0) is 84.0. The summed E-state index contributed by atoms with van der Waals surface area (Å²) in [4.78, 5) is 64.0. The van der Waals surface area contributed by atoms with Crippen molar-refractivity contribution >= 4 is 65.3 Å². The van der Waals surface area contributed by atoms with E-state index in [1.54, 1.807) is 44.6 Å². The number of hydrogen-bond acceptors (Lipinski definition) is 16. The molecule has 0 aliphatic rings. The smallest absolute Gasteiger partial charge is 0.218 e. The van der Waals surface area contributed by atoms with Crippen molar-refractivity contribution in [3.8, 4) is 22.6 Å². The number of aromatic nitrogens is 16. The number of rotatable bonds is 2. The highest BCUT2D eigenvalue weighted by atomic mass is 19.2. The number of para-hydroxylation sites is 5. The van der Waals surface area contributed by atoms with Crippen LogP contribution in [0.25, 0.3) is 87.9 Å². The Morgan fingerprint density at radius 3 is 1.42 bits per heavy atom. The van der Waals surface area contributed by atoms with Crippen LogP contribution in [0.3, 0.4) is 0 Å². The Hall–Kier alpha value is -14.7. The van der Waals surface area contributed by atoms with Crippen LogP contribution in [0, 0.1) is 106 Å². The summed E-state index contributed by atoms with van der Waals surface area (Å²) >= 11 is 0. The Bertz CT molecular complexity index is 5740. The highest BCUT2D eigenvalue weighted by Crippen LogP contribution is 2.19. The van der Waals surface area contributed by atoms with Crippen LogP contribution in [0.15, 0.2) is 329 Å². The molecule has 8 aromatic carbocycles. The van der Waals surface area contributed by atoms with Gasteiger partial charge in [0.15, 0.2) is 5.82 Å². The highest BCUT2D eigenvalue weighted by Gasteiger charge is 2.04. The van der Waals surface area contributed by atoms with Crippen LogP contribution in [-0.4, -0.2) is 79.7 Å². The van der Waals surface area contributed by atoms with Gasteiger partial charge in [0.1, 0.15) is 18.0 Å². The quantitative estimate of drug-likeness (QED) is 0.116. The number of nitrogens with zero attached hydrogens (tertiary/aromatic N) is 16. The first kappa shape index (κ1) is 87.2. The maximum atomic E-state index is 12.2. The lowest BCUT2D eigenvalue weighted by Gasteiger charge is -1.99. The summed E-state index contributed by atoms with van der Waals surface area (Å²) in [7, 11) is 0. The molecule has 19 aromatic rings. The Labute approximate surface area is 683 Å². The molecule has 19 rings (SSSR count). The molecule has 0 aliphatic carbocycles. The number of benzene rings is 8. The van der Waals surface area contributed by atoms with Crippen LogP contribution in [-0.2, 0) is 0 Å². The van der Waals surface area contributed by atoms with Crippen LogP contribution in [0.1, 0.15) is 62.5 Å². The summed E-state index contributed by atoms with van der Waals surface area (Å²) in [5.74, 6) is -1.18. The van der Waals surface area contributed by atoms with Crippen molar-refractivity contribution in [1.82, 2.24) is 79.7 Å². The lowest BCUT2D eigenvalue weighted by Crippen LogP contribution is -1.93. The maximum Gasteiger partial charge on any atom is 0.218 e. The summed E-state index contributed by atoms with van der Waals surface area (Å²) < 4.78 is 60.4. The topological polar surface area (TPSA) is 206 Å². The third kappa shape index (κ3) is 29.7. The molecule has 0 unspecified atom stereocenters. The summed E-state index contributed by atoms with van der Waals surface area (Å²) in [6.45, 7) is 20.6. The maximum absolute atomic E-state index is 12.2. The Morgan fingerprint density at radius 2 is 0.788 bits per heavy atom. The molecule has 0 saturated carbocycles. The molecule has 0 saturated heterocycles. The average molecular weight is 1570 g/mol. The van der Waals surface area contributed by atoms with E-state index in [0.717, 1.165) is 102 Å². The largest absolute Gasteiger partial charge is 0.261 e. The fourth-order valence-corrected chi connectivity index (χ4v) is 10.8. The SMILES string of the molecule is Cc1cc(F)nc(F)c1.Cc1cc2ccccc2cn1.Cc1ccc(F)nc1F.Cc1ccc2ccccc2n1.Cc1cccc(F)n1.Cc1cnc2ccccc2c1.Cc1cnc2ccccc2n1.Cc1cncc(-c2ccccc2)n1.Cc1ncc2ccccc2n1.Cc1nccc2ccccc12.Cc1ncnc(-c2ccccc2)n1. The predicted octanol–water partition coefficient (Wildman–Crippen LogP) is 23.2. The lowest BCUT2D eigenvalue weighted by atomic mass is 10.1. The molecule has 0 N–H and O–H groups in total. The van der Waals surface area contributed by atoms with E-state index in [9.17, 15) is 22.0 Å². The molecule has 0 spiro atoms. The van der Waals surface area contributed by atoms with Crippen molar-refractivity contribution in [1.29, 1.82) is 0 Å². The van der Waals surface area contributed by atoms with E-state index < -0.39 is 29.7 Å². The van der Waals surface area contributed by atoms with Crippen LogP contribution < -0.4 is 0 Å². The van der Waals surface area contributed by atoms with E-state index in [1.165, 1.54) is 75.4 Å². The van der Waals surface area contributed by atoms with Crippen molar-refractivity contribution in [2.75, 3.05) is 0 Å². The molecule has 590 valence electrons. The fourth-order valence-electron chi connectivity index (χ4n) is 10.8. The monoisotopic (exact) mass is 1570 g/mol. The summed E-state index contributed by atoms with van der Waals surface area (Å²) in [6, 6.07) is 88.5. The average Bonchev–Trinajstić information content (AvgIpc) is 0.875. The summed E-state index contributed by atoms with van der Waals surface area (Å²) in [6.07, 6.45) is 14.3. The first-order chi connectivity index (χ1) is 57.1. The predicted molar refractivity (Wildman–Crippen MR) is 463 cm³/mol. The molecule has 0 radical (unpaired) electrons. The number of halogens is 5. The van der Waals surface area contributed by atoms with Gasteiger partial charge in [-0.05, 0) is 183 Å². The second-order valence-corrected chi connectivity index (χ2v) is 26.4. The lowest BCUT2D eigenvalue weighted by molar-refractivity contribution is 0.507. The van der Waals surface area contributed by atoms with E-state index in [0.29, 0.717) is 16.8 Å².